The third kappa shape index (κ3) is 4.29. The van der Waals surface area contributed by atoms with Crippen molar-refractivity contribution in [3.05, 3.63) is 65.5 Å². The second kappa shape index (κ2) is 8.37. The van der Waals surface area contributed by atoms with Crippen molar-refractivity contribution in [2.45, 2.75) is 12.6 Å². The number of likely N-dealkylation sites (N-methyl/N-ethyl adjacent to an activating group) is 1. The summed E-state index contributed by atoms with van der Waals surface area (Å²) in [5, 5.41) is 4.82. The lowest BCUT2D eigenvalue weighted by Gasteiger charge is -2.19. The van der Waals surface area contributed by atoms with Crippen LogP contribution < -0.4 is 4.74 Å². The smallest absolute Gasteiger partial charge is 0.417 e. The van der Waals surface area contributed by atoms with Gasteiger partial charge in [0, 0.05) is 30.9 Å². The molecule has 2 aromatic heterocycles. The first-order valence-corrected chi connectivity index (χ1v) is 9.67. The molecule has 0 radical (unpaired) electrons. The number of rotatable bonds is 6. The van der Waals surface area contributed by atoms with Gasteiger partial charge in [0.05, 0.1) is 18.2 Å². The fourth-order valence-corrected chi connectivity index (χ4v) is 3.31. The van der Waals surface area contributed by atoms with Crippen molar-refractivity contribution in [1.29, 1.82) is 0 Å². The van der Waals surface area contributed by atoms with Crippen molar-refractivity contribution >= 4 is 16.8 Å². The molecule has 2 heterocycles. The fourth-order valence-electron chi connectivity index (χ4n) is 3.31. The van der Waals surface area contributed by atoms with Gasteiger partial charge < -0.3 is 19.1 Å². The maximum atomic E-state index is 13.2. The van der Waals surface area contributed by atoms with Crippen LogP contribution in [0.3, 0.4) is 0 Å². The van der Waals surface area contributed by atoms with E-state index in [-0.39, 0.29) is 18.9 Å². The lowest BCUT2D eigenvalue weighted by Crippen LogP contribution is -2.30. The van der Waals surface area contributed by atoms with E-state index in [1.165, 1.54) is 30.1 Å². The van der Waals surface area contributed by atoms with Gasteiger partial charge in [0.1, 0.15) is 11.4 Å². The van der Waals surface area contributed by atoms with E-state index in [1.54, 1.807) is 7.11 Å². The van der Waals surface area contributed by atoms with Gasteiger partial charge in [0.15, 0.2) is 5.82 Å². The number of aromatic nitrogens is 3. The second-order valence-corrected chi connectivity index (χ2v) is 7.17. The van der Waals surface area contributed by atoms with Crippen molar-refractivity contribution in [3.8, 4) is 17.3 Å². The van der Waals surface area contributed by atoms with E-state index in [0.717, 1.165) is 17.0 Å². The molecule has 4 rings (SSSR count). The molecule has 0 bridgehead atoms. The summed E-state index contributed by atoms with van der Waals surface area (Å²) in [6.07, 6.45) is -4.40. The molecule has 10 heteroatoms. The van der Waals surface area contributed by atoms with Crippen LogP contribution in [0.4, 0.5) is 13.2 Å². The van der Waals surface area contributed by atoms with Crippen LogP contribution in [0.2, 0.25) is 0 Å². The standard InChI is InChI=1S/C22H19F3N4O3/c1-29(21(30)15-5-3-4-6-16(15)22(23,24)25)10-9-19-27-20(32-28-19)18-12-13-11-14(31-2)7-8-17(13)26-18/h3-8,11-12,26H,9-10H2,1-2H3. The first-order valence-electron chi connectivity index (χ1n) is 9.67. The van der Waals surface area contributed by atoms with Gasteiger partial charge in [0.2, 0.25) is 0 Å². The molecule has 0 aliphatic rings. The number of alkyl halides is 3. The number of H-pyrrole nitrogens is 1. The number of carbonyl (C=O) groups excluding carboxylic acids is 1. The van der Waals surface area contributed by atoms with Crippen LogP contribution in [0.1, 0.15) is 21.7 Å². The third-order valence-electron chi connectivity index (χ3n) is 5.01. The molecule has 0 aliphatic heterocycles. The third-order valence-corrected chi connectivity index (χ3v) is 5.01. The number of nitrogens with zero attached hydrogens (tertiary/aromatic N) is 3. The lowest BCUT2D eigenvalue weighted by atomic mass is 10.1. The Labute approximate surface area is 180 Å². The molecule has 0 fully saturated rings. The van der Waals surface area contributed by atoms with Gasteiger partial charge in [-0.25, -0.2) is 0 Å². The molecule has 0 spiro atoms. The maximum absolute atomic E-state index is 13.2. The number of hydrogen-bond donors (Lipinski definition) is 1. The monoisotopic (exact) mass is 444 g/mol. The summed E-state index contributed by atoms with van der Waals surface area (Å²) >= 11 is 0. The van der Waals surface area contributed by atoms with E-state index in [2.05, 4.69) is 15.1 Å². The normalized spacial score (nSPS) is 11.7. The molecule has 166 valence electrons. The van der Waals surface area contributed by atoms with E-state index >= 15 is 0 Å². The molecular weight excluding hydrogens is 425 g/mol. The molecule has 32 heavy (non-hydrogen) atoms. The van der Waals surface area contributed by atoms with Gasteiger partial charge in [-0.3, -0.25) is 4.79 Å². The molecule has 0 atom stereocenters. The summed E-state index contributed by atoms with van der Waals surface area (Å²) in [4.78, 5) is 21.3. The van der Waals surface area contributed by atoms with E-state index in [4.69, 9.17) is 9.26 Å². The van der Waals surface area contributed by atoms with Crippen molar-refractivity contribution < 1.29 is 27.2 Å². The zero-order chi connectivity index (χ0) is 22.9. The molecule has 2 aromatic carbocycles. The van der Waals surface area contributed by atoms with Gasteiger partial charge >= 0.3 is 6.18 Å². The SMILES string of the molecule is COc1ccc2[nH]c(-c3nc(CCN(C)C(=O)c4ccccc4C(F)(F)F)no3)cc2c1. The van der Waals surface area contributed by atoms with E-state index in [0.29, 0.717) is 17.3 Å². The average Bonchev–Trinajstić information content (AvgIpc) is 3.42. The molecule has 4 aromatic rings. The van der Waals surface area contributed by atoms with Crippen molar-refractivity contribution in [3.63, 3.8) is 0 Å². The number of ether oxygens (including phenoxy) is 1. The van der Waals surface area contributed by atoms with Gasteiger partial charge in [-0.1, -0.05) is 17.3 Å². The predicted octanol–water partition coefficient (Wildman–Crippen LogP) is 4.56. The van der Waals surface area contributed by atoms with E-state index in [1.807, 2.05) is 24.3 Å². The summed E-state index contributed by atoms with van der Waals surface area (Å²) in [6.45, 7) is 0.119. The highest BCUT2D eigenvalue weighted by molar-refractivity contribution is 5.95. The zero-order valence-corrected chi connectivity index (χ0v) is 17.2. The number of hydrogen-bond acceptors (Lipinski definition) is 5. The number of halogens is 3. The Balaban J connectivity index is 1.45. The van der Waals surface area contributed by atoms with Crippen molar-refractivity contribution in [1.82, 2.24) is 20.0 Å². The quantitative estimate of drug-likeness (QED) is 0.471. The number of amides is 1. The molecule has 0 aliphatic carbocycles. The van der Waals surface area contributed by atoms with Crippen LogP contribution in [0.15, 0.2) is 53.1 Å². The highest BCUT2D eigenvalue weighted by Gasteiger charge is 2.35. The van der Waals surface area contributed by atoms with Gasteiger partial charge in [-0.15, -0.1) is 0 Å². The van der Waals surface area contributed by atoms with Crippen molar-refractivity contribution in [2.75, 3.05) is 20.7 Å². The van der Waals surface area contributed by atoms with Gasteiger partial charge in [-0.2, -0.15) is 18.2 Å². The van der Waals surface area contributed by atoms with Crippen LogP contribution >= 0.6 is 0 Å². The second-order valence-electron chi connectivity index (χ2n) is 7.17. The fraction of sp³-hybridized carbons (Fsp3) is 0.227. The van der Waals surface area contributed by atoms with Crippen LogP contribution in [-0.2, 0) is 12.6 Å². The Morgan fingerprint density at radius 1 is 1.19 bits per heavy atom. The highest BCUT2D eigenvalue weighted by atomic mass is 19.4. The maximum Gasteiger partial charge on any atom is 0.417 e. The number of methoxy groups -OCH3 is 1. The zero-order valence-electron chi connectivity index (χ0n) is 17.2. The number of nitrogens with one attached hydrogen (secondary N) is 1. The molecule has 1 amide bonds. The van der Waals surface area contributed by atoms with E-state index < -0.39 is 23.2 Å². The minimum Gasteiger partial charge on any atom is -0.497 e. The van der Waals surface area contributed by atoms with E-state index in [9.17, 15) is 18.0 Å². The summed E-state index contributed by atoms with van der Waals surface area (Å²) < 4.78 is 50.1. The summed E-state index contributed by atoms with van der Waals surface area (Å²) in [5.41, 5.74) is 0.128. The minimum absolute atomic E-state index is 0.119. The largest absolute Gasteiger partial charge is 0.497 e. The number of benzene rings is 2. The lowest BCUT2D eigenvalue weighted by molar-refractivity contribution is -0.138. The van der Waals surface area contributed by atoms with Gasteiger partial charge in [0.25, 0.3) is 11.8 Å². The first-order chi connectivity index (χ1) is 15.3. The highest BCUT2D eigenvalue weighted by Crippen LogP contribution is 2.32. The Morgan fingerprint density at radius 2 is 1.97 bits per heavy atom. The molecule has 0 saturated heterocycles. The number of fused-ring (bicyclic) bond motifs is 1. The predicted molar refractivity (Wildman–Crippen MR) is 110 cm³/mol. The minimum atomic E-state index is -4.61. The Morgan fingerprint density at radius 3 is 2.72 bits per heavy atom. The van der Waals surface area contributed by atoms with Crippen LogP contribution in [0.25, 0.3) is 22.5 Å². The summed E-state index contributed by atoms with van der Waals surface area (Å²) in [7, 11) is 3.02. The molecular formula is C22H19F3N4O3. The topological polar surface area (TPSA) is 84.2 Å². The van der Waals surface area contributed by atoms with Crippen LogP contribution in [0.5, 0.6) is 5.75 Å². The first kappa shape index (κ1) is 21.4. The van der Waals surface area contributed by atoms with Crippen molar-refractivity contribution in [2.24, 2.45) is 0 Å². The summed E-state index contributed by atoms with van der Waals surface area (Å²) in [6, 6.07) is 12.1. The average molecular weight is 444 g/mol. The van der Waals surface area contributed by atoms with Crippen LogP contribution in [0, 0.1) is 0 Å². The number of aromatic amines is 1. The van der Waals surface area contributed by atoms with Gasteiger partial charge in [-0.05, 0) is 36.4 Å². The molecule has 1 N–H and O–H groups in total. The Hall–Kier alpha value is -3.82. The number of carbonyl (C=O) groups is 1. The summed E-state index contributed by atoms with van der Waals surface area (Å²) in [5.74, 6) is 0.590. The molecule has 0 saturated carbocycles. The van der Waals surface area contributed by atoms with Crippen LogP contribution in [-0.4, -0.2) is 46.6 Å². The Bertz CT molecular complexity index is 1260. The Kier molecular flexibility index (Phi) is 5.60. The molecule has 7 nitrogen and oxygen atoms in total. The molecule has 0 unspecified atom stereocenters.